The molecule has 0 unspecified atom stereocenters. The van der Waals surface area contributed by atoms with Crippen LogP contribution in [-0.4, -0.2) is 39.7 Å². The van der Waals surface area contributed by atoms with Crippen molar-refractivity contribution in [1.29, 1.82) is 0 Å². The van der Waals surface area contributed by atoms with Gasteiger partial charge in [-0.15, -0.1) is 6.42 Å². The fourth-order valence-electron chi connectivity index (χ4n) is 2.63. The number of amides is 2. The van der Waals surface area contributed by atoms with Crippen molar-refractivity contribution in [3.8, 4) is 29.6 Å². The summed E-state index contributed by atoms with van der Waals surface area (Å²) in [6.45, 7) is 0.104. The second kappa shape index (κ2) is 9.88. The number of methoxy groups -OCH3 is 3. The molecule has 0 aliphatic carbocycles. The minimum Gasteiger partial charge on any atom is -0.493 e. The number of para-hydroxylation sites is 1. The zero-order valence-corrected chi connectivity index (χ0v) is 16.0. The van der Waals surface area contributed by atoms with Gasteiger partial charge in [-0.25, -0.2) is 0 Å². The molecule has 0 atom stereocenters. The summed E-state index contributed by atoms with van der Waals surface area (Å²) < 4.78 is 15.9. The molecule has 2 aromatic carbocycles. The highest BCUT2D eigenvalue weighted by Crippen LogP contribution is 2.38. The molecule has 0 saturated heterocycles. The quantitative estimate of drug-likeness (QED) is 0.684. The molecular weight excluding hydrogens is 360 g/mol. The van der Waals surface area contributed by atoms with Crippen LogP contribution in [-0.2, 0) is 11.2 Å². The molecule has 0 saturated carbocycles. The van der Waals surface area contributed by atoms with Crippen LogP contribution in [0, 0.1) is 12.3 Å². The summed E-state index contributed by atoms with van der Waals surface area (Å²) in [4.78, 5) is 24.7. The van der Waals surface area contributed by atoms with E-state index in [0.717, 1.165) is 0 Å². The maximum Gasteiger partial charge on any atom is 0.254 e. The van der Waals surface area contributed by atoms with Gasteiger partial charge in [0.05, 0.1) is 45.5 Å². The molecule has 0 aliphatic rings. The van der Waals surface area contributed by atoms with E-state index in [1.807, 2.05) is 0 Å². The van der Waals surface area contributed by atoms with Gasteiger partial charge < -0.3 is 24.8 Å². The molecule has 0 aromatic heterocycles. The van der Waals surface area contributed by atoms with Crippen molar-refractivity contribution in [2.24, 2.45) is 0 Å². The lowest BCUT2D eigenvalue weighted by Crippen LogP contribution is -2.25. The molecule has 0 aliphatic heterocycles. The zero-order valence-electron chi connectivity index (χ0n) is 16.0. The number of carbonyl (C=O) groups is 2. The first-order valence-corrected chi connectivity index (χ1v) is 8.43. The van der Waals surface area contributed by atoms with Gasteiger partial charge in [-0.05, 0) is 29.8 Å². The smallest absolute Gasteiger partial charge is 0.254 e. The first-order chi connectivity index (χ1) is 13.5. The van der Waals surface area contributed by atoms with Crippen LogP contribution in [0.1, 0.15) is 15.9 Å². The third-order valence-corrected chi connectivity index (χ3v) is 3.89. The van der Waals surface area contributed by atoms with E-state index in [0.29, 0.717) is 34.1 Å². The van der Waals surface area contributed by atoms with Crippen molar-refractivity contribution < 1.29 is 23.8 Å². The Hall–Kier alpha value is -3.66. The fourth-order valence-corrected chi connectivity index (χ4v) is 2.63. The standard InChI is InChI=1S/C21H22N2O5/c1-5-10-22-21(25)15-8-6-7-9-16(15)23-19(24)13-14-11-17(26-2)20(28-4)18(12-14)27-3/h1,6-9,11-12H,10,13H2,2-4H3,(H,22,25)(H,23,24). The Morgan fingerprint density at radius 1 is 1.04 bits per heavy atom. The highest BCUT2D eigenvalue weighted by molar-refractivity contribution is 6.04. The van der Waals surface area contributed by atoms with Crippen LogP contribution in [0.2, 0.25) is 0 Å². The van der Waals surface area contributed by atoms with Gasteiger partial charge in [0.1, 0.15) is 0 Å². The van der Waals surface area contributed by atoms with Gasteiger partial charge in [0, 0.05) is 0 Å². The highest BCUT2D eigenvalue weighted by atomic mass is 16.5. The van der Waals surface area contributed by atoms with Gasteiger partial charge in [-0.1, -0.05) is 18.1 Å². The van der Waals surface area contributed by atoms with E-state index in [1.54, 1.807) is 36.4 Å². The maximum absolute atomic E-state index is 12.5. The number of ether oxygens (including phenoxy) is 3. The highest BCUT2D eigenvalue weighted by Gasteiger charge is 2.16. The Labute approximate surface area is 164 Å². The minimum absolute atomic E-state index is 0.0526. The third-order valence-electron chi connectivity index (χ3n) is 3.89. The Kier molecular flexibility index (Phi) is 7.28. The Morgan fingerprint density at radius 3 is 2.25 bits per heavy atom. The predicted octanol–water partition coefficient (Wildman–Crippen LogP) is 2.26. The van der Waals surface area contributed by atoms with E-state index in [1.165, 1.54) is 21.3 Å². The van der Waals surface area contributed by atoms with E-state index in [4.69, 9.17) is 20.6 Å². The summed E-state index contributed by atoms with van der Waals surface area (Å²) in [5.74, 6) is 3.04. The molecule has 0 fully saturated rings. The Balaban J connectivity index is 2.20. The van der Waals surface area contributed by atoms with Gasteiger partial charge in [0.25, 0.3) is 5.91 Å². The lowest BCUT2D eigenvalue weighted by molar-refractivity contribution is -0.115. The van der Waals surface area contributed by atoms with E-state index >= 15 is 0 Å². The summed E-state index contributed by atoms with van der Waals surface area (Å²) in [6.07, 6.45) is 5.22. The molecule has 0 radical (unpaired) electrons. The Morgan fingerprint density at radius 2 is 1.68 bits per heavy atom. The van der Waals surface area contributed by atoms with Crippen molar-refractivity contribution in [1.82, 2.24) is 5.32 Å². The maximum atomic E-state index is 12.5. The summed E-state index contributed by atoms with van der Waals surface area (Å²) in [5, 5.41) is 5.34. The van der Waals surface area contributed by atoms with Crippen LogP contribution in [0.5, 0.6) is 17.2 Å². The van der Waals surface area contributed by atoms with Crippen LogP contribution in [0.15, 0.2) is 36.4 Å². The topological polar surface area (TPSA) is 85.9 Å². The number of anilines is 1. The van der Waals surface area contributed by atoms with E-state index in [9.17, 15) is 9.59 Å². The molecule has 28 heavy (non-hydrogen) atoms. The molecule has 7 heteroatoms. The molecule has 146 valence electrons. The summed E-state index contributed by atoms with van der Waals surface area (Å²) in [5.41, 5.74) is 1.40. The SMILES string of the molecule is C#CCNC(=O)c1ccccc1NC(=O)Cc1cc(OC)c(OC)c(OC)c1. The Bertz CT molecular complexity index is 877. The predicted molar refractivity (Wildman–Crippen MR) is 106 cm³/mol. The molecule has 2 N–H and O–H groups in total. The lowest BCUT2D eigenvalue weighted by atomic mass is 10.1. The average molecular weight is 382 g/mol. The van der Waals surface area contributed by atoms with Gasteiger partial charge in [0.15, 0.2) is 11.5 Å². The zero-order chi connectivity index (χ0) is 20.5. The van der Waals surface area contributed by atoms with Crippen LogP contribution >= 0.6 is 0 Å². The van der Waals surface area contributed by atoms with Crippen LogP contribution < -0.4 is 24.8 Å². The van der Waals surface area contributed by atoms with E-state index < -0.39 is 0 Å². The molecule has 2 rings (SSSR count). The van der Waals surface area contributed by atoms with Crippen molar-refractivity contribution in [2.75, 3.05) is 33.2 Å². The number of carbonyl (C=O) groups excluding carboxylic acids is 2. The second-order valence-electron chi connectivity index (χ2n) is 5.69. The van der Waals surface area contributed by atoms with Gasteiger partial charge in [-0.3, -0.25) is 9.59 Å². The van der Waals surface area contributed by atoms with Gasteiger partial charge in [0.2, 0.25) is 11.7 Å². The third kappa shape index (κ3) is 4.95. The summed E-state index contributed by atoms with van der Waals surface area (Å²) in [6, 6.07) is 10.1. The first kappa shape index (κ1) is 20.6. The summed E-state index contributed by atoms with van der Waals surface area (Å²) >= 11 is 0. The average Bonchev–Trinajstić information content (AvgIpc) is 2.71. The van der Waals surface area contributed by atoms with Crippen LogP contribution in [0.25, 0.3) is 0 Å². The molecule has 0 heterocycles. The van der Waals surface area contributed by atoms with Crippen molar-refractivity contribution in [3.63, 3.8) is 0 Å². The molecule has 2 aromatic rings. The van der Waals surface area contributed by atoms with Crippen molar-refractivity contribution in [2.45, 2.75) is 6.42 Å². The number of hydrogen-bond donors (Lipinski definition) is 2. The van der Waals surface area contributed by atoms with Gasteiger partial charge >= 0.3 is 0 Å². The summed E-state index contributed by atoms with van der Waals surface area (Å²) in [7, 11) is 4.52. The molecule has 0 spiro atoms. The molecule has 7 nitrogen and oxygen atoms in total. The number of benzene rings is 2. The van der Waals surface area contributed by atoms with Crippen molar-refractivity contribution in [3.05, 3.63) is 47.5 Å². The fraction of sp³-hybridized carbons (Fsp3) is 0.238. The van der Waals surface area contributed by atoms with Crippen molar-refractivity contribution >= 4 is 17.5 Å². The number of rotatable bonds is 8. The molecular formula is C21H22N2O5. The van der Waals surface area contributed by atoms with E-state index in [-0.39, 0.29) is 24.8 Å². The second-order valence-corrected chi connectivity index (χ2v) is 5.69. The van der Waals surface area contributed by atoms with Gasteiger partial charge in [-0.2, -0.15) is 0 Å². The van der Waals surface area contributed by atoms with E-state index in [2.05, 4.69) is 16.6 Å². The van der Waals surface area contributed by atoms with Crippen LogP contribution in [0.4, 0.5) is 5.69 Å². The van der Waals surface area contributed by atoms with Crippen LogP contribution in [0.3, 0.4) is 0 Å². The number of hydrogen-bond acceptors (Lipinski definition) is 5. The molecule has 2 amide bonds. The number of nitrogens with one attached hydrogen (secondary N) is 2. The monoisotopic (exact) mass is 382 g/mol. The number of terminal acetylenes is 1. The largest absolute Gasteiger partial charge is 0.493 e. The minimum atomic E-state index is -0.360. The first-order valence-electron chi connectivity index (χ1n) is 8.43. The lowest BCUT2D eigenvalue weighted by Gasteiger charge is -2.14. The normalized spacial score (nSPS) is 9.79. The molecule has 0 bridgehead atoms.